The van der Waals surface area contributed by atoms with E-state index in [1.807, 2.05) is 12.1 Å². The van der Waals surface area contributed by atoms with Gasteiger partial charge >= 0.3 is 6.09 Å². The van der Waals surface area contributed by atoms with E-state index in [2.05, 4.69) is 31.1 Å². The van der Waals surface area contributed by atoms with Crippen LogP contribution in [0.15, 0.2) is 48.8 Å². The van der Waals surface area contributed by atoms with Crippen LogP contribution >= 0.6 is 23.2 Å². The van der Waals surface area contributed by atoms with E-state index in [4.69, 9.17) is 32.9 Å². The van der Waals surface area contributed by atoms with Gasteiger partial charge in [-0.3, -0.25) is 10.1 Å². The number of benzene rings is 2. The number of tetrazole rings is 1. The Kier molecular flexibility index (Phi) is 8.95. The molecule has 3 heterocycles. The molecule has 0 saturated carbocycles. The summed E-state index contributed by atoms with van der Waals surface area (Å²) in [5.41, 5.74) is 4.48. The number of hydrogen-bond donors (Lipinski definition) is 3. The fourth-order valence-corrected chi connectivity index (χ4v) is 5.23. The van der Waals surface area contributed by atoms with Gasteiger partial charge in [0, 0.05) is 27.9 Å². The second-order valence-electron chi connectivity index (χ2n) is 9.58. The van der Waals surface area contributed by atoms with Crippen molar-refractivity contribution in [2.24, 2.45) is 0 Å². The molecule has 0 fully saturated rings. The lowest BCUT2D eigenvalue weighted by atomic mass is 9.97. The monoisotopic (exact) mass is 594 g/mol. The molecule has 11 nitrogen and oxygen atoms in total. The fourth-order valence-electron chi connectivity index (χ4n) is 4.81. The van der Waals surface area contributed by atoms with Crippen LogP contribution < -0.4 is 10.6 Å². The van der Waals surface area contributed by atoms with Gasteiger partial charge in [-0.1, -0.05) is 48.5 Å². The summed E-state index contributed by atoms with van der Waals surface area (Å²) in [5.74, 6) is 0.282. The maximum atomic E-state index is 13.1. The highest BCUT2D eigenvalue weighted by atomic mass is 35.5. The maximum absolute atomic E-state index is 13.1. The Morgan fingerprint density at radius 2 is 1.98 bits per heavy atom. The van der Waals surface area contributed by atoms with Gasteiger partial charge in [-0.25, -0.2) is 9.78 Å². The van der Waals surface area contributed by atoms with Crippen LogP contribution in [0.2, 0.25) is 10.2 Å². The summed E-state index contributed by atoms with van der Waals surface area (Å²) in [6.45, 7) is 0. The summed E-state index contributed by atoms with van der Waals surface area (Å²) in [7, 11) is 1.32. The first kappa shape index (κ1) is 28.3. The van der Waals surface area contributed by atoms with Crippen molar-refractivity contribution in [2.75, 3.05) is 12.4 Å². The van der Waals surface area contributed by atoms with Crippen LogP contribution in [0.5, 0.6) is 0 Å². The number of carbonyl (C=O) groups excluding carboxylic acids is 2. The number of rotatable bonds is 5. The lowest BCUT2D eigenvalue weighted by Crippen LogP contribution is -2.27. The number of imidazole rings is 1. The highest BCUT2D eigenvalue weighted by molar-refractivity contribution is 6.32. The number of halogens is 2. The van der Waals surface area contributed by atoms with Crippen LogP contribution in [-0.2, 0) is 16.0 Å². The molecule has 0 unspecified atom stereocenters. The minimum Gasteiger partial charge on any atom is -0.453 e. The normalized spacial score (nSPS) is 15.4. The van der Waals surface area contributed by atoms with E-state index < -0.39 is 6.09 Å². The van der Waals surface area contributed by atoms with E-state index in [1.54, 1.807) is 30.3 Å². The van der Waals surface area contributed by atoms with Gasteiger partial charge in [0.15, 0.2) is 0 Å². The second-order valence-corrected chi connectivity index (χ2v) is 10.4. The zero-order valence-electron chi connectivity index (χ0n) is 22.2. The maximum Gasteiger partial charge on any atom is 0.411 e. The average molecular weight is 595 g/mol. The molecule has 1 aliphatic rings. The molecule has 2 aromatic carbocycles. The van der Waals surface area contributed by atoms with Crippen LogP contribution in [0.3, 0.4) is 0 Å². The van der Waals surface area contributed by atoms with Crippen molar-refractivity contribution in [3.05, 3.63) is 75.9 Å². The molecule has 0 aliphatic carbocycles. The van der Waals surface area contributed by atoms with E-state index >= 15 is 0 Å². The van der Waals surface area contributed by atoms with E-state index in [-0.39, 0.29) is 11.9 Å². The topological polar surface area (TPSA) is 140 Å². The van der Waals surface area contributed by atoms with Gasteiger partial charge in [-0.05, 0) is 71.7 Å². The zero-order valence-corrected chi connectivity index (χ0v) is 23.7. The first-order valence-electron chi connectivity index (χ1n) is 13.2. The lowest BCUT2D eigenvalue weighted by molar-refractivity contribution is -0.117. The first-order valence-corrected chi connectivity index (χ1v) is 13.9. The molecule has 5 rings (SSSR count). The smallest absolute Gasteiger partial charge is 0.411 e. The molecule has 1 atom stereocenters. The molecular weight excluding hydrogens is 567 g/mol. The first-order chi connectivity index (χ1) is 19.9. The zero-order chi connectivity index (χ0) is 28.8. The number of aryl methyl sites for hydroxylation is 1. The van der Waals surface area contributed by atoms with Crippen molar-refractivity contribution in [1.29, 1.82) is 0 Å². The minimum absolute atomic E-state index is 0.294. The Hall–Kier alpha value is -4.22. The van der Waals surface area contributed by atoms with Gasteiger partial charge in [0.25, 0.3) is 0 Å². The number of aromatic amines is 1. The molecule has 2 aromatic heterocycles. The summed E-state index contributed by atoms with van der Waals surface area (Å²) in [4.78, 5) is 32.8. The molecule has 0 radical (unpaired) electrons. The van der Waals surface area contributed by atoms with Crippen molar-refractivity contribution in [1.82, 2.24) is 35.5 Å². The van der Waals surface area contributed by atoms with E-state index in [0.29, 0.717) is 45.1 Å². The number of aromatic nitrogens is 6. The minimum atomic E-state index is -0.534. The molecular formula is C28H28Cl2N8O3. The van der Waals surface area contributed by atoms with Crippen LogP contribution in [-0.4, -0.2) is 49.3 Å². The van der Waals surface area contributed by atoms with Gasteiger partial charge < -0.3 is 15.0 Å². The summed E-state index contributed by atoms with van der Waals surface area (Å²) >= 11 is 12.9. The van der Waals surface area contributed by atoms with Gasteiger partial charge in [0.1, 0.15) is 23.0 Å². The SMILES string of the molecule is COC(=O)Nc1ccc2c(c1)CCCCCC[C@H](NC(=O)/C=C/c1cc(Cl)ccc1-n1cnnn1)c1nc-2c(Cl)[nH]1. The third-order valence-electron chi connectivity index (χ3n) is 6.81. The van der Waals surface area contributed by atoms with Crippen LogP contribution in [0, 0.1) is 0 Å². The summed E-state index contributed by atoms with van der Waals surface area (Å²) in [6, 6.07) is 10.5. The number of ether oxygens (including phenoxy) is 1. The third-order valence-corrected chi connectivity index (χ3v) is 7.31. The van der Waals surface area contributed by atoms with Crippen LogP contribution in [0.4, 0.5) is 10.5 Å². The molecule has 1 aliphatic heterocycles. The highest BCUT2D eigenvalue weighted by Crippen LogP contribution is 2.34. The van der Waals surface area contributed by atoms with Gasteiger partial charge in [-0.2, -0.15) is 4.68 Å². The number of anilines is 1. The summed E-state index contributed by atoms with van der Waals surface area (Å²) in [6.07, 6.45) is 9.45. The molecule has 13 heteroatoms. The van der Waals surface area contributed by atoms with Gasteiger partial charge in [0.2, 0.25) is 5.91 Å². The number of fused-ring (bicyclic) bond motifs is 4. The molecule has 2 amide bonds. The quantitative estimate of drug-likeness (QED) is 0.244. The van der Waals surface area contributed by atoms with Crippen molar-refractivity contribution in [3.8, 4) is 16.9 Å². The number of nitrogens with zero attached hydrogens (tertiary/aromatic N) is 5. The van der Waals surface area contributed by atoms with Crippen molar-refractivity contribution >= 4 is 47.0 Å². The number of amides is 2. The molecule has 0 saturated heterocycles. The van der Waals surface area contributed by atoms with E-state index in [0.717, 1.165) is 43.2 Å². The predicted molar refractivity (Wildman–Crippen MR) is 156 cm³/mol. The number of methoxy groups -OCH3 is 1. The predicted octanol–water partition coefficient (Wildman–Crippen LogP) is 5.91. The molecule has 41 heavy (non-hydrogen) atoms. The Bertz CT molecular complexity index is 1570. The van der Waals surface area contributed by atoms with Gasteiger partial charge in [0.05, 0.1) is 18.8 Å². The molecule has 2 bridgehead atoms. The Balaban J connectivity index is 1.39. The lowest BCUT2D eigenvalue weighted by Gasteiger charge is -2.17. The average Bonchev–Trinajstić information content (AvgIpc) is 3.63. The summed E-state index contributed by atoms with van der Waals surface area (Å²) in [5, 5.41) is 18.0. The van der Waals surface area contributed by atoms with Crippen molar-refractivity contribution in [2.45, 2.75) is 44.6 Å². The third kappa shape index (κ3) is 6.93. The molecule has 212 valence electrons. The Labute approximate surface area is 246 Å². The second kappa shape index (κ2) is 13.0. The van der Waals surface area contributed by atoms with Gasteiger partial charge in [-0.15, -0.1) is 5.10 Å². The van der Waals surface area contributed by atoms with Crippen molar-refractivity contribution < 1.29 is 14.3 Å². The van der Waals surface area contributed by atoms with E-state index in [9.17, 15) is 9.59 Å². The number of carbonyl (C=O) groups is 2. The highest BCUT2D eigenvalue weighted by Gasteiger charge is 2.22. The fraction of sp³-hybridized carbons (Fsp3) is 0.286. The number of H-pyrrole nitrogens is 1. The Morgan fingerprint density at radius 3 is 2.78 bits per heavy atom. The largest absolute Gasteiger partial charge is 0.453 e. The van der Waals surface area contributed by atoms with E-state index in [1.165, 1.54) is 24.2 Å². The van der Waals surface area contributed by atoms with Crippen LogP contribution in [0.1, 0.15) is 55.1 Å². The molecule has 3 N–H and O–H groups in total. The summed E-state index contributed by atoms with van der Waals surface area (Å²) < 4.78 is 6.22. The van der Waals surface area contributed by atoms with Crippen LogP contribution in [0.25, 0.3) is 23.0 Å². The number of hydrogen-bond acceptors (Lipinski definition) is 7. The standard InChI is InChI=1S/C28H28Cl2N8O3/c1-41-28(40)32-20-10-11-21-17(15-20)6-4-2-3-5-7-22(27-34-25(21)26(30)35-27)33-24(39)13-8-18-14-19(29)9-12-23(18)38-16-31-36-37-38/h8-16,22H,2-7H2,1H3,(H,32,40)(H,33,39)(H,34,35)/b13-8+/t22-/m0/s1. The molecule has 4 aromatic rings. The van der Waals surface area contributed by atoms with Crippen molar-refractivity contribution in [3.63, 3.8) is 0 Å². The number of nitrogens with one attached hydrogen (secondary N) is 3. The Morgan fingerprint density at radius 1 is 1.12 bits per heavy atom. The molecule has 0 spiro atoms.